The number of nitrogens with one attached hydrogen (secondary N) is 1. The summed E-state index contributed by atoms with van der Waals surface area (Å²) in [5.74, 6) is 0.392. The molecule has 4 rings (SSSR count). The zero-order valence-electron chi connectivity index (χ0n) is 14.0. The zero-order valence-corrected chi connectivity index (χ0v) is 14.0. The Bertz CT molecular complexity index is 825. The molecule has 3 heterocycles. The number of piperidine rings is 1. The molecule has 1 fully saturated rings. The monoisotopic (exact) mass is 335 g/mol. The van der Waals surface area contributed by atoms with E-state index in [-0.39, 0.29) is 5.91 Å². The molecule has 3 aromatic rings. The van der Waals surface area contributed by atoms with Crippen molar-refractivity contribution in [2.75, 3.05) is 13.1 Å². The van der Waals surface area contributed by atoms with Crippen molar-refractivity contribution in [2.45, 2.75) is 25.3 Å². The third kappa shape index (κ3) is 3.47. The van der Waals surface area contributed by atoms with E-state index in [1.165, 1.54) is 5.56 Å². The lowest BCUT2D eigenvalue weighted by atomic mass is 9.94. The van der Waals surface area contributed by atoms with E-state index in [2.05, 4.69) is 27.4 Å². The van der Waals surface area contributed by atoms with E-state index in [4.69, 9.17) is 0 Å². The maximum absolute atomic E-state index is 12.8. The molecule has 1 aliphatic rings. The van der Waals surface area contributed by atoms with E-state index >= 15 is 0 Å². The van der Waals surface area contributed by atoms with Gasteiger partial charge in [-0.05, 0) is 24.5 Å². The van der Waals surface area contributed by atoms with Crippen molar-refractivity contribution in [1.82, 2.24) is 24.9 Å². The summed E-state index contributed by atoms with van der Waals surface area (Å²) in [6.07, 6.45) is 7.37. The highest BCUT2D eigenvalue weighted by Crippen LogP contribution is 2.26. The van der Waals surface area contributed by atoms with Crippen molar-refractivity contribution >= 4 is 5.91 Å². The molecule has 1 saturated heterocycles. The number of rotatable bonds is 4. The summed E-state index contributed by atoms with van der Waals surface area (Å²) in [4.78, 5) is 14.8. The van der Waals surface area contributed by atoms with E-state index < -0.39 is 0 Å². The molecule has 0 bridgehead atoms. The SMILES string of the molecule is O=C(c1cnn(Cc2ccccc2)c1)N1CCC[C@H](c2ccn[nH]2)C1. The molecule has 1 atom stereocenters. The van der Waals surface area contributed by atoms with Crippen LogP contribution in [0.2, 0.25) is 0 Å². The zero-order chi connectivity index (χ0) is 17.1. The number of aromatic amines is 1. The number of amides is 1. The largest absolute Gasteiger partial charge is 0.338 e. The fourth-order valence-corrected chi connectivity index (χ4v) is 3.42. The van der Waals surface area contributed by atoms with Crippen LogP contribution in [0.1, 0.15) is 40.4 Å². The number of hydrogen-bond acceptors (Lipinski definition) is 3. The normalized spacial score (nSPS) is 17.6. The second-order valence-corrected chi connectivity index (χ2v) is 6.51. The number of likely N-dealkylation sites (tertiary alicyclic amines) is 1. The van der Waals surface area contributed by atoms with Crippen molar-refractivity contribution < 1.29 is 4.79 Å². The summed E-state index contributed by atoms with van der Waals surface area (Å²) in [5.41, 5.74) is 2.93. The second-order valence-electron chi connectivity index (χ2n) is 6.51. The maximum Gasteiger partial charge on any atom is 0.257 e. The first-order valence-corrected chi connectivity index (χ1v) is 8.64. The molecule has 1 amide bonds. The summed E-state index contributed by atoms with van der Waals surface area (Å²) >= 11 is 0. The molecule has 128 valence electrons. The minimum atomic E-state index is 0.0588. The summed E-state index contributed by atoms with van der Waals surface area (Å²) in [5, 5.41) is 11.4. The van der Waals surface area contributed by atoms with E-state index in [1.807, 2.05) is 40.0 Å². The number of hydrogen-bond donors (Lipinski definition) is 1. The Balaban J connectivity index is 1.44. The molecular formula is C19H21N5O. The predicted octanol–water partition coefficient (Wildman–Crippen LogP) is 2.67. The predicted molar refractivity (Wildman–Crippen MR) is 94.2 cm³/mol. The summed E-state index contributed by atoms with van der Waals surface area (Å²) in [7, 11) is 0. The minimum Gasteiger partial charge on any atom is -0.338 e. The molecule has 25 heavy (non-hydrogen) atoms. The summed E-state index contributed by atoms with van der Waals surface area (Å²) in [6, 6.07) is 12.1. The molecule has 6 nitrogen and oxygen atoms in total. The Morgan fingerprint density at radius 3 is 2.92 bits per heavy atom. The van der Waals surface area contributed by atoms with Crippen LogP contribution < -0.4 is 0 Å². The number of benzene rings is 1. The van der Waals surface area contributed by atoms with Gasteiger partial charge in [-0.3, -0.25) is 14.6 Å². The van der Waals surface area contributed by atoms with Crippen molar-refractivity contribution in [2.24, 2.45) is 0 Å². The Hall–Kier alpha value is -2.89. The van der Waals surface area contributed by atoms with Gasteiger partial charge in [-0.25, -0.2) is 0 Å². The maximum atomic E-state index is 12.8. The highest BCUT2D eigenvalue weighted by Gasteiger charge is 2.26. The number of H-pyrrole nitrogens is 1. The smallest absolute Gasteiger partial charge is 0.257 e. The van der Waals surface area contributed by atoms with Crippen molar-refractivity contribution in [3.8, 4) is 0 Å². The number of carbonyl (C=O) groups is 1. The van der Waals surface area contributed by atoms with Crippen molar-refractivity contribution in [1.29, 1.82) is 0 Å². The molecule has 2 aromatic heterocycles. The summed E-state index contributed by atoms with van der Waals surface area (Å²) < 4.78 is 1.82. The molecule has 1 N–H and O–H groups in total. The fraction of sp³-hybridized carbons (Fsp3) is 0.316. The van der Waals surface area contributed by atoms with Gasteiger partial charge in [0.2, 0.25) is 0 Å². The van der Waals surface area contributed by atoms with Gasteiger partial charge >= 0.3 is 0 Å². The first-order chi connectivity index (χ1) is 12.3. The highest BCUT2D eigenvalue weighted by molar-refractivity contribution is 5.93. The van der Waals surface area contributed by atoms with Gasteiger partial charge < -0.3 is 4.90 Å². The van der Waals surface area contributed by atoms with Crippen LogP contribution in [-0.4, -0.2) is 43.9 Å². The van der Waals surface area contributed by atoms with Gasteiger partial charge in [-0.15, -0.1) is 0 Å². The number of aromatic nitrogens is 4. The Morgan fingerprint density at radius 2 is 2.12 bits per heavy atom. The molecule has 0 saturated carbocycles. The Morgan fingerprint density at radius 1 is 1.24 bits per heavy atom. The number of nitrogens with zero attached hydrogens (tertiary/aromatic N) is 4. The first-order valence-electron chi connectivity index (χ1n) is 8.64. The van der Waals surface area contributed by atoms with Crippen LogP contribution in [0.15, 0.2) is 55.0 Å². The van der Waals surface area contributed by atoms with E-state index in [9.17, 15) is 4.79 Å². The van der Waals surface area contributed by atoms with Crippen LogP contribution in [0.3, 0.4) is 0 Å². The van der Waals surface area contributed by atoms with Gasteiger partial charge in [0.1, 0.15) is 0 Å². The standard InChI is InChI=1S/C19H21N5O/c25-19(23-10-4-7-16(13-23)18-8-9-20-22-18)17-11-21-24(14-17)12-15-5-2-1-3-6-15/h1-3,5-6,8-9,11,14,16H,4,7,10,12-13H2,(H,20,22)/t16-/m0/s1. The van der Waals surface area contributed by atoms with Gasteiger partial charge in [0, 0.05) is 37.1 Å². The van der Waals surface area contributed by atoms with Gasteiger partial charge in [-0.2, -0.15) is 10.2 Å². The Kier molecular flexibility index (Phi) is 4.33. The number of carbonyl (C=O) groups excluding carboxylic acids is 1. The molecule has 0 radical (unpaired) electrons. The molecule has 0 spiro atoms. The lowest BCUT2D eigenvalue weighted by Gasteiger charge is -2.32. The van der Waals surface area contributed by atoms with Gasteiger partial charge in [0.05, 0.1) is 18.3 Å². The third-order valence-corrected chi connectivity index (χ3v) is 4.74. The minimum absolute atomic E-state index is 0.0588. The van der Waals surface area contributed by atoms with Gasteiger partial charge in [-0.1, -0.05) is 30.3 Å². The first kappa shape index (κ1) is 15.6. The van der Waals surface area contributed by atoms with Crippen LogP contribution in [0.4, 0.5) is 0 Å². The molecule has 1 aromatic carbocycles. The average Bonchev–Trinajstić information content (AvgIpc) is 3.34. The van der Waals surface area contributed by atoms with E-state index in [0.717, 1.165) is 31.6 Å². The van der Waals surface area contributed by atoms with Crippen LogP contribution in [-0.2, 0) is 6.54 Å². The molecule has 1 aliphatic heterocycles. The van der Waals surface area contributed by atoms with Gasteiger partial charge in [0.25, 0.3) is 5.91 Å². The molecule has 0 aliphatic carbocycles. The highest BCUT2D eigenvalue weighted by atomic mass is 16.2. The lowest BCUT2D eigenvalue weighted by molar-refractivity contribution is 0.0705. The molecule has 0 unspecified atom stereocenters. The fourth-order valence-electron chi connectivity index (χ4n) is 3.42. The van der Waals surface area contributed by atoms with Crippen LogP contribution in [0.25, 0.3) is 0 Å². The molecule has 6 heteroatoms. The lowest BCUT2D eigenvalue weighted by Crippen LogP contribution is -2.39. The van der Waals surface area contributed by atoms with Crippen molar-refractivity contribution in [3.63, 3.8) is 0 Å². The topological polar surface area (TPSA) is 66.8 Å². The van der Waals surface area contributed by atoms with E-state index in [0.29, 0.717) is 18.0 Å². The second kappa shape index (κ2) is 6.93. The third-order valence-electron chi connectivity index (χ3n) is 4.74. The van der Waals surface area contributed by atoms with E-state index in [1.54, 1.807) is 12.4 Å². The Labute approximate surface area is 146 Å². The summed E-state index contributed by atoms with van der Waals surface area (Å²) in [6.45, 7) is 2.20. The van der Waals surface area contributed by atoms with Crippen LogP contribution >= 0.6 is 0 Å². The average molecular weight is 335 g/mol. The quantitative estimate of drug-likeness (QED) is 0.797. The van der Waals surface area contributed by atoms with Gasteiger partial charge in [0.15, 0.2) is 0 Å². The van der Waals surface area contributed by atoms with Crippen LogP contribution in [0.5, 0.6) is 0 Å². The van der Waals surface area contributed by atoms with Crippen molar-refractivity contribution in [3.05, 3.63) is 71.8 Å². The molecular weight excluding hydrogens is 314 g/mol. The van der Waals surface area contributed by atoms with Crippen LogP contribution in [0, 0.1) is 0 Å².